The molecule has 0 aliphatic carbocycles. The smallest absolute Gasteiger partial charge is 0.327 e. The molecule has 14 amide bonds. The molecule has 0 spiro atoms. The van der Waals surface area contributed by atoms with E-state index in [1.165, 1.54) is 29.8 Å². The molecule has 39 heteroatoms. The van der Waals surface area contributed by atoms with Crippen molar-refractivity contribution in [1.29, 1.82) is 0 Å². The third-order valence-corrected chi connectivity index (χ3v) is 20.8. The van der Waals surface area contributed by atoms with E-state index in [0.717, 1.165) is 47.6 Å². The number of hydrogen-bond donors (Lipinski definition) is 20. The number of carbonyl (C=O) groups excluding carboxylic acids is 14. The maximum Gasteiger partial charge on any atom is 0.327 e. The minimum absolute atomic E-state index is 0.0934. The van der Waals surface area contributed by atoms with Gasteiger partial charge in [-0.1, -0.05) is 143 Å². The van der Waals surface area contributed by atoms with Crippen LogP contribution in [0.2, 0.25) is 0 Å². The average molecular weight is 1660 g/mol. The molecule has 0 bridgehead atoms. The Morgan fingerprint density at radius 3 is 1.40 bits per heavy atom. The highest BCUT2D eigenvalue weighted by atomic mass is 33.1. The van der Waals surface area contributed by atoms with E-state index in [0.29, 0.717) is 27.6 Å². The summed E-state index contributed by atoms with van der Waals surface area (Å²) in [5, 5.41) is 75.8. The molecule has 15 atom stereocenters. The standard InChI is InChI=1S/C78H98FN17O19S2/c1-42(81)66(102)83-38-62(101)84-58-40-116-117-41-59(78(114)115)92-73(109)57(39-97)91-76(112)64(44(3)99)94-70(106)53(34-46-19-9-5-10-20-46)89-75(111)63(43(2)98)93-71(107)54(36-48-26-28-50(79)29-27-48)90-77(113)65(96-32-30-49-23-13-14-25-60(49)96)95-72(108)55(35-47-21-11-6-12-22-47)87-68(104)52(33-45-17-7-4-8-18-45)86-69(105)56(37-61(82)100)88-67(103)51(85-74(58)110)24-15-16-31-80/h4-14,17-23,25-30,32,42-44,51-59,63-65,97-99H,15-16,24,31,33-41,80-81H2,1-3H3,(H2,82,100)(H,83,102)(H,84,101)(H,85,110)(H,86,105)(H,87,104)(H,88,103)(H,89,111)(H,90,113)(H,91,112)(H,92,109)(H,93,107)(H,94,106)(H,95,108)(H,114,115)/t42-,43?,44?,51-,52-,53-,54-,55-,56-,57-,58-,59-,63-,64-,65-/m0/s1. The van der Waals surface area contributed by atoms with E-state index in [9.17, 15) is 77.6 Å². The number of aliphatic hydroxyl groups excluding tert-OH is 3. The van der Waals surface area contributed by atoms with Gasteiger partial charge in [0, 0.05) is 43.4 Å². The van der Waals surface area contributed by atoms with Crippen LogP contribution in [0.5, 0.6) is 0 Å². The molecule has 1 aliphatic rings. The number of carboxylic acids is 1. The lowest BCUT2D eigenvalue weighted by atomic mass is 10.0. The number of aliphatic hydroxyl groups is 3. The van der Waals surface area contributed by atoms with Gasteiger partial charge in [-0.2, -0.15) is 0 Å². The lowest BCUT2D eigenvalue weighted by Gasteiger charge is -2.30. The van der Waals surface area contributed by atoms with Crippen LogP contribution in [0.4, 0.5) is 4.39 Å². The summed E-state index contributed by atoms with van der Waals surface area (Å²) >= 11 is 0. The lowest BCUT2D eigenvalue weighted by Crippen LogP contribution is -2.63. The fourth-order valence-corrected chi connectivity index (χ4v) is 14.4. The van der Waals surface area contributed by atoms with Gasteiger partial charge in [0.15, 0.2) is 6.17 Å². The Morgan fingerprint density at radius 1 is 0.496 bits per heavy atom. The molecule has 36 nitrogen and oxygen atoms in total. The van der Waals surface area contributed by atoms with Crippen LogP contribution in [0.3, 0.4) is 0 Å². The summed E-state index contributed by atoms with van der Waals surface area (Å²) in [5.41, 5.74) is 19.1. The number of nitrogens with two attached hydrogens (primary N) is 3. The Bertz CT molecular complexity index is 4440. The van der Waals surface area contributed by atoms with E-state index in [-0.39, 0.29) is 50.6 Å². The van der Waals surface area contributed by atoms with Gasteiger partial charge in [-0.15, -0.1) is 0 Å². The zero-order valence-electron chi connectivity index (χ0n) is 64.1. The molecule has 1 aromatic heterocycles. The van der Waals surface area contributed by atoms with Crippen LogP contribution in [0.15, 0.2) is 152 Å². The Balaban J connectivity index is 1.34. The topological polar surface area (TPSA) is 576 Å². The van der Waals surface area contributed by atoms with E-state index < -0.39 is 223 Å². The van der Waals surface area contributed by atoms with E-state index >= 15 is 19.2 Å². The fourth-order valence-electron chi connectivity index (χ4n) is 12.1. The average Bonchev–Trinajstić information content (AvgIpc) is 1.71. The molecule has 2 unspecified atom stereocenters. The summed E-state index contributed by atoms with van der Waals surface area (Å²) in [6.07, 6.45) is -6.31. The Morgan fingerprint density at radius 2 is 0.915 bits per heavy atom. The van der Waals surface area contributed by atoms with Crippen LogP contribution in [0, 0.1) is 5.82 Å². The highest BCUT2D eigenvalue weighted by Gasteiger charge is 2.40. The zero-order chi connectivity index (χ0) is 85.4. The number of hydrogen-bond acceptors (Lipinski definition) is 22. The predicted octanol–water partition coefficient (Wildman–Crippen LogP) is -3.60. The number of carboxylic acid groups (broad SMARTS) is 1. The number of para-hydroxylation sites is 1. The first kappa shape index (κ1) is 92.3. The van der Waals surface area contributed by atoms with Gasteiger partial charge >= 0.3 is 5.97 Å². The SMILES string of the molecule is CC(O)[C@@H]1NC(=O)[C@H](Cc2ccccc2)NC(=O)[C@H](C(C)O)NC(=O)[C@H](Cc2ccc(F)cc2)NC(=O)[C@H](n2ccc3ccccc32)NC(=O)[C@H](Cc2ccccc2)NC(=O)[C@H](Cc2ccccc2)NC(=O)[C@H](CC(N)=O)NC(=O)[C@H](CCCCN)NC(=O)[C@@H](NC(=O)CNC(=O)[C@H](C)N)CSSC[C@@H](C(=O)O)NC(=O)[C@H](CO)NC1=O. The number of fused-ring (bicyclic) bond motifs is 1. The first-order chi connectivity index (χ1) is 55.8. The maximum atomic E-state index is 15.5. The van der Waals surface area contributed by atoms with Gasteiger partial charge in [-0.3, -0.25) is 67.1 Å². The van der Waals surface area contributed by atoms with E-state index in [1.54, 1.807) is 121 Å². The molecule has 628 valence electrons. The summed E-state index contributed by atoms with van der Waals surface area (Å²) in [4.78, 5) is 215. The van der Waals surface area contributed by atoms with Crippen LogP contribution < -0.4 is 86.3 Å². The third kappa shape index (κ3) is 29.1. The maximum absolute atomic E-state index is 15.5. The molecule has 2 heterocycles. The summed E-state index contributed by atoms with van der Waals surface area (Å²) in [6.45, 7) is 1.65. The van der Waals surface area contributed by atoms with Crippen molar-refractivity contribution in [3.05, 3.63) is 180 Å². The van der Waals surface area contributed by atoms with Crippen molar-refractivity contribution < 1.29 is 96.7 Å². The van der Waals surface area contributed by atoms with Crippen molar-refractivity contribution in [2.45, 2.75) is 163 Å². The highest BCUT2D eigenvalue weighted by molar-refractivity contribution is 8.76. The van der Waals surface area contributed by atoms with Gasteiger partial charge in [0.25, 0.3) is 5.91 Å². The van der Waals surface area contributed by atoms with Gasteiger partial charge < -0.3 is 111 Å². The fraction of sp³-hybridized carbons (Fsp3) is 0.397. The van der Waals surface area contributed by atoms with E-state index in [2.05, 4.69) is 69.1 Å². The molecule has 1 saturated heterocycles. The first-order valence-electron chi connectivity index (χ1n) is 37.3. The predicted molar refractivity (Wildman–Crippen MR) is 427 cm³/mol. The van der Waals surface area contributed by atoms with Gasteiger partial charge in [-0.25, -0.2) is 9.18 Å². The van der Waals surface area contributed by atoms with Crippen LogP contribution in [0.1, 0.15) is 74.9 Å². The molecule has 1 aliphatic heterocycles. The number of amides is 14. The number of benzene rings is 5. The number of carbonyl (C=O) groups is 15. The van der Waals surface area contributed by atoms with Gasteiger partial charge in [-0.05, 0) is 98.5 Å². The number of primary amides is 1. The van der Waals surface area contributed by atoms with Crippen molar-refractivity contribution >= 4 is 121 Å². The second-order valence-electron chi connectivity index (χ2n) is 27.7. The van der Waals surface area contributed by atoms with Crippen LogP contribution in [0.25, 0.3) is 10.9 Å². The number of aliphatic carboxylic acids is 1. The van der Waals surface area contributed by atoms with Crippen molar-refractivity contribution in [3.8, 4) is 0 Å². The van der Waals surface area contributed by atoms with Crippen LogP contribution >= 0.6 is 21.6 Å². The highest BCUT2D eigenvalue weighted by Crippen LogP contribution is 2.25. The number of nitrogens with zero attached hydrogens (tertiary/aromatic N) is 1. The Kier molecular flexibility index (Phi) is 36.3. The van der Waals surface area contributed by atoms with E-state index in [1.807, 2.05) is 0 Å². The molecule has 117 heavy (non-hydrogen) atoms. The molecule has 7 rings (SSSR count). The summed E-state index contributed by atoms with van der Waals surface area (Å²) in [7, 11) is 1.47. The van der Waals surface area contributed by atoms with Crippen molar-refractivity contribution in [3.63, 3.8) is 0 Å². The van der Waals surface area contributed by atoms with Gasteiger partial charge in [0.1, 0.15) is 72.3 Å². The largest absolute Gasteiger partial charge is 0.480 e. The quantitative estimate of drug-likeness (QED) is 0.0218. The van der Waals surface area contributed by atoms with Gasteiger partial charge in [0.2, 0.25) is 76.8 Å². The first-order valence-corrected chi connectivity index (χ1v) is 39.8. The second kappa shape index (κ2) is 46.0. The van der Waals surface area contributed by atoms with Crippen molar-refractivity contribution in [1.82, 2.24) is 73.7 Å². The molecule has 0 saturated carbocycles. The lowest BCUT2D eigenvalue weighted by molar-refractivity contribution is -0.142. The van der Waals surface area contributed by atoms with Gasteiger partial charge in [0.05, 0.1) is 43.3 Å². The minimum atomic E-state index is -2.02. The molecule has 6 aromatic rings. The number of unbranched alkanes of at least 4 members (excludes halogenated alkanes) is 1. The summed E-state index contributed by atoms with van der Waals surface area (Å²) in [5.74, 6) is -19.1. The van der Waals surface area contributed by atoms with Crippen molar-refractivity contribution in [2.24, 2.45) is 17.2 Å². The molecule has 1 fully saturated rings. The third-order valence-electron chi connectivity index (χ3n) is 18.4. The minimum Gasteiger partial charge on any atom is -0.480 e. The number of nitrogens with one attached hydrogen (secondary N) is 13. The zero-order valence-corrected chi connectivity index (χ0v) is 65.7. The molecular formula is C78H98FN17O19S2. The Labute approximate surface area is 679 Å². The summed E-state index contributed by atoms with van der Waals surface area (Å²) < 4.78 is 15.9. The normalized spacial score (nSPS) is 23.5. The number of aromatic nitrogens is 1. The summed E-state index contributed by atoms with van der Waals surface area (Å²) in [6, 6.07) is 16.2. The number of halogens is 1. The Hall–Kier alpha value is -11.9. The molecular weight excluding hydrogens is 1560 g/mol. The molecule has 23 N–H and O–H groups in total. The number of rotatable bonds is 23. The van der Waals surface area contributed by atoms with Crippen LogP contribution in [-0.4, -0.2) is 230 Å². The monoisotopic (exact) mass is 1660 g/mol. The van der Waals surface area contributed by atoms with Crippen molar-refractivity contribution in [2.75, 3.05) is 31.2 Å². The van der Waals surface area contributed by atoms with Crippen LogP contribution in [-0.2, 0) is 97.6 Å². The molecule has 5 aromatic carbocycles. The van der Waals surface area contributed by atoms with E-state index in [4.69, 9.17) is 17.2 Å². The molecule has 0 radical (unpaired) electrons. The second-order valence-corrected chi connectivity index (χ2v) is 30.3.